The second-order valence-corrected chi connectivity index (χ2v) is 7.83. The van der Waals surface area contributed by atoms with Crippen LogP contribution in [0.2, 0.25) is 0 Å². The fraction of sp³-hybridized carbons (Fsp3) is 0.105. The van der Waals surface area contributed by atoms with E-state index >= 15 is 0 Å². The van der Waals surface area contributed by atoms with Crippen LogP contribution in [0.25, 0.3) is 22.0 Å². The molecular formula is C19H14BrN5O3S. The van der Waals surface area contributed by atoms with Crippen molar-refractivity contribution in [1.29, 1.82) is 0 Å². The Morgan fingerprint density at radius 2 is 2.03 bits per heavy atom. The molecule has 0 aliphatic heterocycles. The first-order chi connectivity index (χ1) is 14.0. The normalized spacial score (nSPS) is 10.8. The van der Waals surface area contributed by atoms with E-state index in [4.69, 9.17) is 9.72 Å². The summed E-state index contributed by atoms with van der Waals surface area (Å²) in [6, 6.07) is 11.9. The predicted molar refractivity (Wildman–Crippen MR) is 113 cm³/mol. The van der Waals surface area contributed by atoms with Crippen LogP contribution in [-0.4, -0.2) is 31.8 Å². The van der Waals surface area contributed by atoms with E-state index in [0.29, 0.717) is 17.9 Å². The Kier molecular flexibility index (Phi) is 5.36. The molecule has 29 heavy (non-hydrogen) atoms. The van der Waals surface area contributed by atoms with Gasteiger partial charge in [-0.1, -0.05) is 15.9 Å². The summed E-state index contributed by atoms with van der Waals surface area (Å²) in [5.41, 5.74) is 2.52. The van der Waals surface area contributed by atoms with E-state index in [1.54, 1.807) is 30.3 Å². The SMILES string of the molecule is COc1ccc(Br)cc1-c1nc(Cn2cnc(-c3ccc([N+](=O)[O-])cc3)n2)cs1. The van der Waals surface area contributed by atoms with Gasteiger partial charge in [-0.15, -0.1) is 11.3 Å². The molecule has 2 heterocycles. The zero-order chi connectivity index (χ0) is 20.4. The molecule has 0 saturated carbocycles. The summed E-state index contributed by atoms with van der Waals surface area (Å²) in [6.45, 7) is 0.465. The molecular weight excluding hydrogens is 458 g/mol. The molecule has 0 unspecified atom stereocenters. The lowest BCUT2D eigenvalue weighted by Crippen LogP contribution is -2.01. The van der Waals surface area contributed by atoms with Gasteiger partial charge in [-0.05, 0) is 30.3 Å². The minimum Gasteiger partial charge on any atom is -0.496 e. The van der Waals surface area contributed by atoms with E-state index < -0.39 is 4.92 Å². The molecule has 0 saturated heterocycles. The Morgan fingerprint density at radius 3 is 2.76 bits per heavy atom. The third-order valence-corrected chi connectivity index (χ3v) is 5.56. The van der Waals surface area contributed by atoms with Crippen LogP contribution in [0, 0.1) is 10.1 Å². The number of thiazole rings is 1. The average molecular weight is 472 g/mol. The lowest BCUT2D eigenvalue weighted by molar-refractivity contribution is -0.384. The highest BCUT2D eigenvalue weighted by molar-refractivity contribution is 9.10. The van der Waals surface area contributed by atoms with Crippen molar-refractivity contribution in [3.63, 3.8) is 0 Å². The molecule has 10 heteroatoms. The second-order valence-electron chi connectivity index (χ2n) is 6.06. The van der Waals surface area contributed by atoms with Crippen molar-refractivity contribution in [2.45, 2.75) is 6.54 Å². The van der Waals surface area contributed by atoms with E-state index in [9.17, 15) is 10.1 Å². The topological polar surface area (TPSA) is 96.0 Å². The van der Waals surface area contributed by atoms with Crippen molar-refractivity contribution >= 4 is 33.0 Å². The van der Waals surface area contributed by atoms with Crippen LogP contribution in [0.5, 0.6) is 5.75 Å². The van der Waals surface area contributed by atoms with E-state index in [1.807, 2.05) is 23.6 Å². The Bertz CT molecular complexity index is 1170. The lowest BCUT2D eigenvalue weighted by atomic mass is 10.2. The van der Waals surface area contributed by atoms with E-state index in [0.717, 1.165) is 26.5 Å². The van der Waals surface area contributed by atoms with Gasteiger partial charge in [0.2, 0.25) is 0 Å². The number of nitro groups is 1. The zero-order valence-corrected chi connectivity index (χ0v) is 17.6. The quantitative estimate of drug-likeness (QED) is 0.296. The maximum atomic E-state index is 10.8. The first kappa shape index (κ1) is 19.2. The van der Waals surface area contributed by atoms with Gasteiger partial charge in [-0.25, -0.2) is 14.6 Å². The summed E-state index contributed by atoms with van der Waals surface area (Å²) in [4.78, 5) is 19.3. The molecule has 0 N–H and O–H groups in total. The first-order valence-corrected chi connectivity index (χ1v) is 10.1. The molecule has 146 valence electrons. The lowest BCUT2D eigenvalue weighted by Gasteiger charge is -2.06. The third-order valence-electron chi connectivity index (χ3n) is 4.14. The number of rotatable bonds is 6. The van der Waals surface area contributed by atoms with Crippen LogP contribution in [0.1, 0.15) is 5.69 Å². The highest BCUT2D eigenvalue weighted by atomic mass is 79.9. The molecule has 0 amide bonds. The van der Waals surface area contributed by atoms with Gasteiger partial charge in [0.05, 0.1) is 29.8 Å². The number of benzene rings is 2. The fourth-order valence-electron chi connectivity index (χ4n) is 2.75. The molecule has 4 aromatic rings. The summed E-state index contributed by atoms with van der Waals surface area (Å²) in [7, 11) is 1.64. The van der Waals surface area contributed by atoms with Crippen molar-refractivity contribution in [3.05, 3.63) is 74.5 Å². The van der Waals surface area contributed by atoms with Crippen molar-refractivity contribution in [2.75, 3.05) is 7.11 Å². The van der Waals surface area contributed by atoms with Gasteiger partial charge in [-0.3, -0.25) is 10.1 Å². The van der Waals surface area contributed by atoms with Crippen molar-refractivity contribution < 1.29 is 9.66 Å². The number of methoxy groups -OCH3 is 1. The van der Waals surface area contributed by atoms with Gasteiger partial charge < -0.3 is 4.74 Å². The van der Waals surface area contributed by atoms with E-state index in [1.165, 1.54) is 23.5 Å². The van der Waals surface area contributed by atoms with Crippen LogP contribution in [0.3, 0.4) is 0 Å². The summed E-state index contributed by atoms with van der Waals surface area (Å²) in [6.07, 6.45) is 1.62. The standard InChI is InChI=1S/C19H14BrN5O3S/c1-28-17-7-4-13(20)8-16(17)19-22-14(10-29-19)9-24-11-21-18(23-24)12-2-5-15(6-3-12)25(26)27/h2-8,10-11H,9H2,1H3. The number of halogens is 1. The molecule has 0 fully saturated rings. The summed E-state index contributed by atoms with van der Waals surface area (Å²) < 4.78 is 8.07. The molecule has 8 nitrogen and oxygen atoms in total. The fourth-order valence-corrected chi connectivity index (χ4v) is 3.94. The summed E-state index contributed by atoms with van der Waals surface area (Å²) >= 11 is 5.01. The molecule has 0 bridgehead atoms. The Labute approximate surface area is 178 Å². The Morgan fingerprint density at radius 1 is 1.24 bits per heavy atom. The highest BCUT2D eigenvalue weighted by Gasteiger charge is 2.13. The summed E-state index contributed by atoms with van der Waals surface area (Å²) in [5, 5.41) is 18.1. The highest BCUT2D eigenvalue weighted by Crippen LogP contribution is 2.34. The largest absolute Gasteiger partial charge is 0.496 e. The van der Waals surface area contributed by atoms with E-state index in [2.05, 4.69) is 26.0 Å². The smallest absolute Gasteiger partial charge is 0.269 e. The van der Waals surface area contributed by atoms with E-state index in [-0.39, 0.29) is 5.69 Å². The van der Waals surface area contributed by atoms with Gasteiger partial charge in [0.25, 0.3) is 5.69 Å². The molecule has 2 aromatic carbocycles. The van der Waals surface area contributed by atoms with Gasteiger partial charge in [0, 0.05) is 27.5 Å². The van der Waals surface area contributed by atoms with Crippen LogP contribution in [0.15, 0.2) is 58.6 Å². The monoisotopic (exact) mass is 471 g/mol. The number of hydrogen-bond donors (Lipinski definition) is 0. The zero-order valence-electron chi connectivity index (χ0n) is 15.2. The van der Waals surface area contributed by atoms with Gasteiger partial charge in [-0.2, -0.15) is 5.10 Å². The number of non-ortho nitro benzene ring substituents is 1. The third kappa shape index (κ3) is 4.17. The first-order valence-electron chi connectivity index (χ1n) is 8.46. The second kappa shape index (κ2) is 8.10. The minimum atomic E-state index is -0.435. The Balaban J connectivity index is 1.53. The average Bonchev–Trinajstić information content (AvgIpc) is 3.38. The van der Waals surface area contributed by atoms with Crippen molar-refractivity contribution in [1.82, 2.24) is 19.7 Å². The molecule has 2 aromatic heterocycles. The molecule has 0 aliphatic carbocycles. The molecule has 0 atom stereocenters. The van der Waals surface area contributed by atoms with Crippen LogP contribution < -0.4 is 4.74 Å². The van der Waals surface area contributed by atoms with Gasteiger partial charge in [0.15, 0.2) is 5.82 Å². The van der Waals surface area contributed by atoms with Crippen LogP contribution in [0.4, 0.5) is 5.69 Å². The van der Waals surface area contributed by atoms with Crippen LogP contribution in [-0.2, 0) is 6.54 Å². The number of nitrogens with zero attached hydrogens (tertiary/aromatic N) is 5. The van der Waals surface area contributed by atoms with Gasteiger partial charge in [0.1, 0.15) is 17.1 Å². The van der Waals surface area contributed by atoms with Crippen LogP contribution >= 0.6 is 27.3 Å². The van der Waals surface area contributed by atoms with Gasteiger partial charge >= 0.3 is 0 Å². The maximum Gasteiger partial charge on any atom is 0.269 e. The predicted octanol–water partition coefficient (Wildman–Crippen LogP) is 4.80. The number of hydrogen-bond acceptors (Lipinski definition) is 7. The van der Waals surface area contributed by atoms with Crippen molar-refractivity contribution in [2.24, 2.45) is 0 Å². The Hall–Kier alpha value is -3.11. The molecule has 0 radical (unpaired) electrons. The maximum absolute atomic E-state index is 10.8. The molecule has 0 aliphatic rings. The molecule has 0 spiro atoms. The summed E-state index contributed by atoms with van der Waals surface area (Å²) in [5.74, 6) is 1.26. The number of ether oxygens (including phenoxy) is 1. The number of aromatic nitrogens is 4. The van der Waals surface area contributed by atoms with Crippen molar-refractivity contribution in [3.8, 4) is 27.7 Å². The minimum absolute atomic E-state index is 0.0335. The molecule has 4 rings (SSSR count). The number of nitro benzene ring substituents is 1.